The summed E-state index contributed by atoms with van der Waals surface area (Å²) in [6.07, 6.45) is 3.19. The number of aryl methyl sites for hydroxylation is 3. The Bertz CT molecular complexity index is 1420. The van der Waals surface area contributed by atoms with Crippen molar-refractivity contribution in [2.45, 2.75) is 39.2 Å². The van der Waals surface area contributed by atoms with Crippen LogP contribution >= 0.6 is 11.3 Å². The molecule has 0 aliphatic heterocycles. The van der Waals surface area contributed by atoms with Gasteiger partial charge in [0, 0.05) is 23.1 Å². The number of rotatable bonds is 4. The van der Waals surface area contributed by atoms with Crippen LogP contribution in [-0.2, 0) is 6.42 Å². The van der Waals surface area contributed by atoms with Gasteiger partial charge in [0.15, 0.2) is 4.80 Å². The Balaban J connectivity index is 1.75. The van der Waals surface area contributed by atoms with Crippen molar-refractivity contribution in [2.75, 3.05) is 0 Å². The van der Waals surface area contributed by atoms with Crippen molar-refractivity contribution in [1.82, 2.24) is 4.57 Å². The van der Waals surface area contributed by atoms with Crippen LogP contribution in [0.3, 0.4) is 0 Å². The molecule has 3 aromatic carbocycles. The van der Waals surface area contributed by atoms with Gasteiger partial charge >= 0.3 is 0 Å². The molecule has 0 saturated carbocycles. The van der Waals surface area contributed by atoms with Crippen LogP contribution < -0.4 is 4.80 Å². The zero-order valence-electron chi connectivity index (χ0n) is 18.7. The summed E-state index contributed by atoms with van der Waals surface area (Å²) in [6, 6.07) is 22.0. The van der Waals surface area contributed by atoms with Crippen molar-refractivity contribution in [1.29, 1.82) is 0 Å². The highest BCUT2D eigenvalue weighted by Gasteiger charge is 2.25. The molecule has 0 spiro atoms. The fourth-order valence-electron chi connectivity index (χ4n) is 4.72. The summed E-state index contributed by atoms with van der Waals surface area (Å²) in [5.41, 5.74) is 7.89. The molecule has 1 atom stereocenters. The predicted molar refractivity (Wildman–Crippen MR) is 133 cm³/mol. The molecule has 1 aromatic heterocycles. The molecule has 1 heterocycles. The molecule has 0 fully saturated rings. The molecule has 5 nitrogen and oxygen atoms in total. The van der Waals surface area contributed by atoms with E-state index in [1.165, 1.54) is 22.8 Å². The van der Waals surface area contributed by atoms with E-state index >= 15 is 0 Å². The predicted octanol–water partition coefficient (Wildman–Crippen LogP) is 6.90. The number of nitro groups is 1. The lowest BCUT2D eigenvalue weighted by molar-refractivity contribution is -0.384. The quantitative estimate of drug-likeness (QED) is 0.248. The van der Waals surface area contributed by atoms with Gasteiger partial charge < -0.3 is 4.57 Å². The van der Waals surface area contributed by atoms with Gasteiger partial charge in [-0.25, -0.2) is 4.99 Å². The Morgan fingerprint density at radius 3 is 2.73 bits per heavy atom. The van der Waals surface area contributed by atoms with Gasteiger partial charge in [-0.15, -0.1) is 11.3 Å². The minimum atomic E-state index is -0.336. The number of fused-ring (bicyclic) bond motifs is 1. The summed E-state index contributed by atoms with van der Waals surface area (Å²) < 4.78 is 2.29. The van der Waals surface area contributed by atoms with E-state index in [2.05, 4.69) is 66.3 Å². The molecule has 4 aromatic rings. The molecule has 1 aliphatic carbocycles. The van der Waals surface area contributed by atoms with Gasteiger partial charge in [-0.2, -0.15) is 0 Å². The van der Waals surface area contributed by atoms with Crippen LogP contribution in [0.15, 0.2) is 77.1 Å². The third-order valence-corrected chi connectivity index (χ3v) is 7.15. The van der Waals surface area contributed by atoms with Crippen molar-refractivity contribution in [3.05, 3.63) is 109 Å². The first-order chi connectivity index (χ1) is 16.0. The number of nitro benzene ring substituents is 1. The second-order valence-corrected chi connectivity index (χ2v) is 9.43. The lowest BCUT2D eigenvalue weighted by Gasteiger charge is -2.28. The van der Waals surface area contributed by atoms with Crippen LogP contribution in [0, 0.1) is 24.0 Å². The molecule has 0 N–H and O–H groups in total. The number of benzene rings is 3. The summed E-state index contributed by atoms with van der Waals surface area (Å²) in [4.78, 5) is 17.1. The summed E-state index contributed by atoms with van der Waals surface area (Å²) in [5, 5.41) is 13.5. The molecule has 166 valence electrons. The first kappa shape index (κ1) is 21.3. The average molecular weight is 456 g/mol. The largest absolute Gasteiger partial charge is 0.309 e. The zero-order valence-corrected chi connectivity index (χ0v) is 19.5. The van der Waals surface area contributed by atoms with Crippen LogP contribution in [0.4, 0.5) is 11.4 Å². The topological polar surface area (TPSA) is 60.4 Å². The molecule has 0 amide bonds. The van der Waals surface area contributed by atoms with Crippen molar-refractivity contribution in [3.63, 3.8) is 0 Å². The highest BCUT2D eigenvalue weighted by molar-refractivity contribution is 7.07. The van der Waals surface area contributed by atoms with Gasteiger partial charge in [0.25, 0.3) is 5.69 Å². The van der Waals surface area contributed by atoms with E-state index in [9.17, 15) is 10.1 Å². The number of nitrogens with zero attached hydrogens (tertiary/aromatic N) is 3. The Morgan fingerprint density at radius 2 is 1.91 bits per heavy atom. The number of hydrogen-bond donors (Lipinski definition) is 0. The number of non-ortho nitro benzene ring substituents is 1. The maximum Gasteiger partial charge on any atom is 0.270 e. The van der Waals surface area contributed by atoms with E-state index in [4.69, 9.17) is 4.99 Å². The van der Waals surface area contributed by atoms with Gasteiger partial charge in [0.05, 0.1) is 22.3 Å². The van der Waals surface area contributed by atoms with E-state index in [1.54, 1.807) is 23.5 Å². The number of aromatic nitrogens is 1. The van der Waals surface area contributed by atoms with Crippen LogP contribution in [0.1, 0.15) is 41.1 Å². The summed E-state index contributed by atoms with van der Waals surface area (Å²) in [6.45, 7) is 4.17. The normalized spacial score (nSPS) is 15.9. The molecule has 0 radical (unpaired) electrons. The molecule has 33 heavy (non-hydrogen) atoms. The van der Waals surface area contributed by atoms with Crippen molar-refractivity contribution in [2.24, 2.45) is 4.99 Å². The Kier molecular flexibility index (Phi) is 5.68. The standard InChI is InChI=1S/C27H25N3O2S/c1-18-13-14-24(19(2)15-18)28-27-29(25-12-6-8-20-7-3-4-11-23(20)25)26(17-33-27)21-9-5-10-22(16-21)30(31)32/h3-5,7,9-11,13-17,25H,6,8,12H2,1-2H3. The van der Waals surface area contributed by atoms with Crippen molar-refractivity contribution < 1.29 is 4.92 Å². The Morgan fingerprint density at radius 1 is 1.06 bits per heavy atom. The molecule has 1 unspecified atom stereocenters. The van der Waals surface area contributed by atoms with Crippen molar-refractivity contribution >= 4 is 22.7 Å². The van der Waals surface area contributed by atoms with Crippen LogP contribution in [0.25, 0.3) is 11.3 Å². The molecule has 5 rings (SSSR count). The first-order valence-corrected chi connectivity index (χ1v) is 12.0. The molecule has 6 heteroatoms. The summed E-state index contributed by atoms with van der Waals surface area (Å²) >= 11 is 1.59. The van der Waals surface area contributed by atoms with Gasteiger partial charge in [-0.1, -0.05) is 54.1 Å². The van der Waals surface area contributed by atoms with E-state index < -0.39 is 0 Å². The highest BCUT2D eigenvalue weighted by atomic mass is 32.1. The second kappa shape index (κ2) is 8.79. The minimum Gasteiger partial charge on any atom is -0.309 e. The van der Waals surface area contributed by atoms with Crippen LogP contribution in [0.2, 0.25) is 0 Å². The van der Waals surface area contributed by atoms with Crippen LogP contribution in [0.5, 0.6) is 0 Å². The van der Waals surface area contributed by atoms with E-state index in [1.807, 2.05) is 6.07 Å². The summed E-state index contributed by atoms with van der Waals surface area (Å²) in [5.74, 6) is 0. The fraction of sp³-hybridized carbons (Fsp3) is 0.222. The SMILES string of the molecule is Cc1ccc(N=c2scc(-c3cccc([N+](=O)[O-])c3)n2C2CCCc3ccccc32)c(C)c1. The minimum absolute atomic E-state index is 0.0992. The third kappa shape index (κ3) is 4.14. The number of hydrogen-bond acceptors (Lipinski definition) is 4. The maximum atomic E-state index is 11.4. The molecular weight excluding hydrogens is 430 g/mol. The fourth-order valence-corrected chi connectivity index (χ4v) is 5.68. The van der Waals surface area contributed by atoms with Crippen LogP contribution in [-0.4, -0.2) is 9.49 Å². The van der Waals surface area contributed by atoms with E-state index in [0.29, 0.717) is 0 Å². The summed E-state index contributed by atoms with van der Waals surface area (Å²) in [7, 11) is 0. The highest BCUT2D eigenvalue weighted by Crippen LogP contribution is 2.36. The van der Waals surface area contributed by atoms with Gasteiger partial charge in [0.1, 0.15) is 0 Å². The Hall–Kier alpha value is -3.51. The lowest BCUT2D eigenvalue weighted by atomic mass is 9.87. The van der Waals surface area contributed by atoms with Crippen molar-refractivity contribution in [3.8, 4) is 11.3 Å². The Labute approximate surface area is 196 Å². The van der Waals surface area contributed by atoms with Gasteiger partial charge in [-0.3, -0.25) is 10.1 Å². The zero-order chi connectivity index (χ0) is 22.9. The van der Waals surface area contributed by atoms with Gasteiger partial charge in [-0.05, 0) is 55.9 Å². The number of thiazole rings is 1. The molecular formula is C27H25N3O2S. The molecule has 0 bridgehead atoms. The average Bonchev–Trinajstić information content (AvgIpc) is 3.24. The second-order valence-electron chi connectivity index (χ2n) is 8.59. The first-order valence-electron chi connectivity index (χ1n) is 11.2. The van der Waals surface area contributed by atoms with E-state index in [-0.39, 0.29) is 16.7 Å². The molecule has 1 aliphatic rings. The molecule has 0 saturated heterocycles. The maximum absolute atomic E-state index is 11.4. The monoisotopic (exact) mass is 455 g/mol. The van der Waals surface area contributed by atoms with Gasteiger partial charge in [0.2, 0.25) is 0 Å². The third-order valence-electron chi connectivity index (χ3n) is 6.31. The van der Waals surface area contributed by atoms with E-state index in [0.717, 1.165) is 46.6 Å². The smallest absolute Gasteiger partial charge is 0.270 e. The lowest BCUT2D eigenvalue weighted by Crippen LogP contribution is -2.26.